The third-order valence-corrected chi connectivity index (χ3v) is 4.12. The molecule has 1 saturated carbocycles. The summed E-state index contributed by atoms with van der Waals surface area (Å²) in [5.41, 5.74) is 1.60. The second-order valence-electron chi connectivity index (χ2n) is 5.93. The summed E-state index contributed by atoms with van der Waals surface area (Å²) in [6, 6.07) is 7.10. The van der Waals surface area contributed by atoms with E-state index >= 15 is 0 Å². The van der Waals surface area contributed by atoms with Crippen molar-refractivity contribution in [3.8, 4) is 0 Å². The van der Waals surface area contributed by atoms with Gasteiger partial charge in [-0.2, -0.15) is 0 Å². The molecule has 0 atom stereocenters. The lowest BCUT2D eigenvalue weighted by Crippen LogP contribution is -2.33. The van der Waals surface area contributed by atoms with Crippen LogP contribution < -0.4 is 10.6 Å². The molecule has 0 radical (unpaired) electrons. The van der Waals surface area contributed by atoms with Crippen molar-refractivity contribution >= 4 is 11.8 Å². The monoisotopic (exact) mass is 324 g/mol. The summed E-state index contributed by atoms with van der Waals surface area (Å²) >= 11 is 0. The van der Waals surface area contributed by atoms with E-state index in [9.17, 15) is 9.59 Å². The predicted octanol–water partition coefficient (Wildman–Crippen LogP) is 2.08. The minimum Gasteiger partial charge on any atom is -0.349 e. The zero-order valence-corrected chi connectivity index (χ0v) is 13.4. The van der Waals surface area contributed by atoms with Gasteiger partial charge in [-0.3, -0.25) is 19.6 Å². The van der Waals surface area contributed by atoms with Gasteiger partial charge in [0, 0.05) is 36.7 Å². The molecular weight excluding hydrogens is 304 g/mol. The van der Waals surface area contributed by atoms with Crippen LogP contribution in [-0.2, 0) is 6.54 Å². The quantitative estimate of drug-likeness (QED) is 0.882. The predicted molar refractivity (Wildman–Crippen MR) is 89.4 cm³/mol. The van der Waals surface area contributed by atoms with E-state index in [1.807, 2.05) is 12.1 Å². The van der Waals surface area contributed by atoms with Crippen LogP contribution in [0.1, 0.15) is 52.1 Å². The van der Waals surface area contributed by atoms with Gasteiger partial charge < -0.3 is 10.6 Å². The normalized spacial score (nSPS) is 14.3. The summed E-state index contributed by atoms with van der Waals surface area (Å²) in [5, 5.41) is 5.79. The first-order valence-electron chi connectivity index (χ1n) is 8.16. The Hall–Kier alpha value is -2.76. The topological polar surface area (TPSA) is 84.0 Å². The fourth-order valence-electron chi connectivity index (χ4n) is 2.81. The van der Waals surface area contributed by atoms with Gasteiger partial charge in [-0.1, -0.05) is 18.9 Å². The number of carbonyl (C=O) groups is 2. The molecule has 0 aliphatic heterocycles. The van der Waals surface area contributed by atoms with Gasteiger partial charge in [0.2, 0.25) is 0 Å². The molecule has 6 nitrogen and oxygen atoms in total. The minimum atomic E-state index is -0.311. The molecule has 2 aromatic rings. The summed E-state index contributed by atoms with van der Waals surface area (Å²) < 4.78 is 0. The Labute approximate surface area is 140 Å². The number of carbonyl (C=O) groups excluding carboxylic acids is 2. The maximum absolute atomic E-state index is 12.3. The van der Waals surface area contributed by atoms with E-state index in [1.54, 1.807) is 18.5 Å². The van der Waals surface area contributed by atoms with Crippen molar-refractivity contribution in [3.05, 3.63) is 59.7 Å². The van der Waals surface area contributed by atoms with Gasteiger partial charge in [0.1, 0.15) is 5.69 Å². The van der Waals surface area contributed by atoms with Crippen LogP contribution in [0, 0.1) is 0 Å². The van der Waals surface area contributed by atoms with E-state index in [0.29, 0.717) is 12.1 Å². The highest BCUT2D eigenvalue weighted by atomic mass is 16.2. The zero-order chi connectivity index (χ0) is 16.8. The fraction of sp³-hybridized carbons (Fsp3) is 0.333. The molecule has 0 saturated heterocycles. The standard InChI is InChI=1S/C18H20N4O2/c23-17(22-15-5-1-2-6-15)14-7-9-20-16(10-14)18(24)21-12-13-4-3-8-19-11-13/h3-4,7-11,15H,1-2,5-6,12H2,(H,21,24)(H,22,23). The van der Waals surface area contributed by atoms with Crippen molar-refractivity contribution in [2.24, 2.45) is 0 Å². The second-order valence-corrected chi connectivity index (χ2v) is 5.93. The van der Waals surface area contributed by atoms with Crippen LogP contribution in [0.5, 0.6) is 0 Å². The Morgan fingerprint density at radius 3 is 2.71 bits per heavy atom. The third kappa shape index (κ3) is 4.16. The summed E-state index contributed by atoms with van der Waals surface area (Å²) in [4.78, 5) is 32.5. The van der Waals surface area contributed by atoms with Gasteiger partial charge in [-0.05, 0) is 36.6 Å². The first-order chi connectivity index (χ1) is 11.7. The molecule has 24 heavy (non-hydrogen) atoms. The van der Waals surface area contributed by atoms with Crippen molar-refractivity contribution in [2.45, 2.75) is 38.3 Å². The van der Waals surface area contributed by atoms with Crippen LogP contribution in [-0.4, -0.2) is 27.8 Å². The average molecular weight is 324 g/mol. The lowest BCUT2D eigenvalue weighted by atomic mass is 10.1. The van der Waals surface area contributed by atoms with Gasteiger partial charge in [0.15, 0.2) is 0 Å². The molecule has 2 N–H and O–H groups in total. The van der Waals surface area contributed by atoms with Crippen molar-refractivity contribution in [3.63, 3.8) is 0 Å². The Morgan fingerprint density at radius 1 is 1.12 bits per heavy atom. The number of aromatic nitrogens is 2. The molecule has 1 aliphatic rings. The largest absolute Gasteiger partial charge is 0.349 e. The maximum atomic E-state index is 12.3. The van der Waals surface area contributed by atoms with Gasteiger partial charge >= 0.3 is 0 Å². The number of hydrogen-bond donors (Lipinski definition) is 2. The molecule has 0 bridgehead atoms. The van der Waals surface area contributed by atoms with Crippen molar-refractivity contribution in [2.75, 3.05) is 0 Å². The van der Waals surface area contributed by atoms with Crippen LogP contribution in [0.15, 0.2) is 42.9 Å². The minimum absolute atomic E-state index is 0.148. The lowest BCUT2D eigenvalue weighted by Gasteiger charge is -2.12. The molecule has 0 unspecified atom stereocenters. The van der Waals surface area contributed by atoms with Crippen LogP contribution in [0.25, 0.3) is 0 Å². The molecule has 0 aromatic carbocycles. The van der Waals surface area contributed by atoms with Crippen LogP contribution in [0.4, 0.5) is 0 Å². The fourth-order valence-corrected chi connectivity index (χ4v) is 2.81. The highest BCUT2D eigenvalue weighted by Crippen LogP contribution is 2.18. The maximum Gasteiger partial charge on any atom is 0.270 e. The molecule has 0 spiro atoms. The van der Waals surface area contributed by atoms with E-state index in [0.717, 1.165) is 31.2 Å². The van der Waals surface area contributed by atoms with Crippen molar-refractivity contribution in [1.29, 1.82) is 0 Å². The first-order valence-corrected chi connectivity index (χ1v) is 8.16. The summed E-state index contributed by atoms with van der Waals surface area (Å²) in [7, 11) is 0. The SMILES string of the molecule is O=C(NC1CCCC1)c1ccnc(C(=O)NCc2cccnc2)c1. The van der Waals surface area contributed by atoms with Gasteiger partial charge in [-0.15, -0.1) is 0 Å². The Bertz CT molecular complexity index is 712. The molecule has 124 valence electrons. The molecule has 2 aromatic heterocycles. The summed E-state index contributed by atoms with van der Waals surface area (Å²) in [6.45, 7) is 0.368. The summed E-state index contributed by atoms with van der Waals surface area (Å²) in [5.74, 6) is -0.458. The Morgan fingerprint density at radius 2 is 1.96 bits per heavy atom. The van der Waals surface area contributed by atoms with E-state index in [1.165, 1.54) is 12.3 Å². The zero-order valence-electron chi connectivity index (χ0n) is 13.4. The van der Waals surface area contributed by atoms with E-state index in [2.05, 4.69) is 20.6 Å². The number of pyridine rings is 2. The van der Waals surface area contributed by atoms with Gasteiger partial charge in [0.05, 0.1) is 0 Å². The lowest BCUT2D eigenvalue weighted by molar-refractivity contribution is 0.0937. The van der Waals surface area contributed by atoms with Crippen molar-refractivity contribution in [1.82, 2.24) is 20.6 Å². The molecular formula is C18H20N4O2. The van der Waals surface area contributed by atoms with Crippen LogP contribution >= 0.6 is 0 Å². The smallest absolute Gasteiger partial charge is 0.270 e. The molecule has 1 aliphatic carbocycles. The number of nitrogens with zero attached hydrogens (tertiary/aromatic N) is 2. The average Bonchev–Trinajstić information content (AvgIpc) is 3.13. The first kappa shape index (κ1) is 16.1. The molecule has 1 fully saturated rings. The highest BCUT2D eigenvalue weighted by molar-refractivity contribution is 5.98. The second kappa shape index (κ2) is 7.68. The van der Waals surface area contributed by atoms with E-state index in [4.69, 9.17) is 0 Å². The van der Waals surface area contributed by atoms with Crippen LogP contribution in [0.3, 0.4) is 0 Å². The number of rotatable bonds is 5. The number of hydrogen-bond acceptors (Lipinski definition) is 4. The molecule has 2 heterocycles. The van der Waals surface area contributed by atoms with Gasteiger partial charge in [0.25, 0.3) is 11.8 Å². The summed E-state index contributed by atoms with van der Waals surface area (Å²) in [6.07, 6.45) is 9.22. The van der Waals surface area contributed by atoms with Gasteiger partial charge in [-0.25, -0.2) is 0 Å². The number of amides is 2. The third-order valence-electron chi connectivity index (χ3n) is 4.12. The van der Waals surface area contributed by atoms with Crippen LogP contribution in [0.2, 0.25) is 0 Å². The van der Waals surface area contributed by atoms with E-state index in [-0.39, 0.29) is 23.6 Å². The highest BCUT2D eigenvalue weighted by Gasteiger charge is 2.19. The Balaban J connectivity index is 1.61. The molecule has 6 heteroatoms. The molecule has 2 amide bonds. The Kier molecular flexibility index (Phi) is 5.15. The number of nitrogens with one attached hydrogen (secondary N) is 2. The van der Waals surface area contributed by atoms with E-state index < -0.39 is 0 Å². The molecule has 3 rings (SSSR count). The van der Waals surface area contributed by atoms with Crippen molar-refractivity contribution < 1.29 is 9.59 Å².